The monoisotopic (exact) mass is 419 g/mol. The number of anilines is 1. The summed E-state index contributed by atoms with van der Waals surface area (Å²) in [5, 5.41) is 14.0. The van der Waals surface area contributed by atoms with Crippen molar-refractivity contribution in [2.24, 2.45) is 0 Å². The van der Waals surface area contributed by atoms with Gasteiger partial charge in [0.2, 0.25) is 0 Å². The van der Waals surface area contributed by atoms with Crippen molar-refractivity contribution in [1.29, 1.82) is 0 Å². The molecule has 31 heavy (non-hydrogen) atoms. The highest BCUT2D eigenvalue weighted by molar-refractivity contribution is 5.72. The van der Waals surface area contributed by atoms with Crippen molar-refractivity contribution >= 4 is 5.82 Å². The van der Waals surface area contributed by atoms with E-state index >= 15 is 0 Å². The van der Waals surface area contributed by atoms with Gasteiger partial charge in [-0.3, -0.25) is 0 Å². The van der Waals surface area contributed by atoms with Crippen LogP contribution in [0.1, 0.15) is 52.4 Å². The Hall–Kier alpha value is -3.08. The van der Waals surface area contributed by atoms with Crippen LogP contribution in [0.2, 0.25) is 0 Å². The van der Waals surface area contributed by atoms with Gasteiger partial charge >= 0.3 is 0 Å². The van der Waals surface area contributed by atoms with E-state index in [0.29, 0.717) is 29.4 Å². The van der Waals surface area contributed by atoms with Crippen LogP contribution >= 0.6 is 0 Å². The first-order valence-corrected chi connectivity index (χ1v) is 11.4. The predicted molar refractivity (Wildman–Crippen MR) is 128 cm³/mol. The summed E-state index contributed by atoms with van der Waals surface area (Å²) in [6.45, 7) is 5.58. The van der Waals surface area contributed by atoms with E-state index in [2.05, 4.69) is 12.2 Å². The highest BCUT2D eigenvalue weighted by atomic mass is 16.5. The minimum Gasteiger partial charge on any atom is -0.507 e. The Morgan fingerprint density at radius 1 is 0.871 bits per heavy atom. The van der Waals surface area contributed by atoms with Crippen LogP contribution in [0.3, 0.4) is 0 Å². The molecule has 164 valence electrons. The second-order valence-corrected chi connectivity index (χ2v) is 7.63. The standard InChI is InChI=1S/C26H33N3O2/c1-3-5-6-7-8-12-17-27-25-19-23(22-16-15-21(31-4-2)18-24(22)30)28-26(29-25)20-13-10-9-11-14-20/h9-11,13-16,18-19,30H,3-8,12,17H2,1-2H3,(H,27,28,29). The minimum absolute atomic E-state index is 0.144. The zero-order chi connectivity index (χ0) is 21.9. The molecular weight excluding hydrogens is 386 g/mol. The van der Waals surface area contributed by atoms with Crippen molar-refractivity contribution < 1.29 is 9.84 Å². The number of hydrogen-bond donors (Lipinski definition) is 2. The van der Waals surface area contributed by atoms with Gasteiger partial charge in [0.25, 0.3) is 0 Å². The number of rotatable bonds is 12. The zero-order valence-corrected chi connectivity index (χ0v) is 18.6. The van der Waals surface area contributed by atoms with Crippen LogP contribution in [-0.4, -0.2) is 28.2 Å². The molecule has 0 fully saturated rings. The lowest BCUT2D eigenvalue weighted by Crippen LogP contribution is -2.05. The van der Waals surface area contributed by atoms with E-state index in [1.165, 1.54) is 32.1 Å². The molecule has 2 aromatic carbocycles. The second kappa shape index (κ2) is 11.9. The Kier molecular flexibility index (Phi) is 8.71. The fourth-order valence-corrected chi connectivity index (χ4v) is 3.50. The van der Waals surface area contributed by atoms with Crippen LogP contribution < -0.4 is 10.1 Å². The van der Waals surface area contributed by atoms with Crippen LogP contribution in [0, 0.1) is 0 Å². The van der Waals surface area contributed by atoms with Crippen LogP contribution in [0.4, 0.5) is 5.82 Å². The maximum absolute atomic E-state index is 10.6. The summed E-state index contributed by atoms with van der Waals surface area (Å²) < 4.78 is 5.49. The number of phenolic OH excluding ortho intramolecular Hbond substituents is 1. The van der Waals surface area contributed by atoms with E-state index in [1.807, 2.05) is 55.5 Å². The molecule has 3 rings (SSSR count). The van der Waals surface area contributed by atoms with Crippen molar-refractivity contribution in [2.75, 3.05) is 18.5 Å². The Morgan fingerprint density at radius 2 is 1.65 bits per heavy atom. The topological polar surface area (TPSA) is 67.3 Å². The van der Waals surface area contributed by atoms with E-state index in [-0.39, 0.29) is 5.75 Å². The number of ether oxygens (including phenoxy) is 1. The molecule has 0 radical (unpaired) electrons. The molecule has 5 heteroatoms. The minimum atomic E-state index is 0.144. The number of hydrogen-bond acceptors (Lipinski definition) is 5. The molecule has 0 atom stereocenters. The molecule has 0 aliphatic rings. The number of unbranched alkanes of at least 4 members (excludes halogenated alkanes) is 5. The molecule has 0 aliphatic carbocycles. The SMILES string of the molecule is CCCCCCCCNc1cc(-c2ccc(OCC)cc2O)nc(-c2ccccc2)n1. The summed E-state index contributed by atoms with van der Waals surface area (Å²) >= 11 is 0. The summed E-state index contributed by atoms with van der Waals surface area (Å²) in [4.78, 5) is 9.46. The van der Waals surface area contributed by atoms with Gasteiger partial charge in [-0.25, -0.2) is 9.97 Å². The lowest BCUT2D eigenvalue weighted by molar-refractivity contribution is 0.338. The fraction of sp³-hybridized carbons (Fsp3) is 0.385. The van der Waals surface area contributed by atoms with Crippen LogP contribution in [0.15, 0.2) is 54.6 Å². The van der Waals surface area contributed by atoms with Crippen molar-refractivity contribution in [2.45, 2.75) is 52.4 Å². The number of nitrogens with one attached hydrogen (secondary N) is 1. The number of aromatic nitrogens is 2. The Bertz CT molecular complexity index is 945. The van der Waals surface area contributed by atoms with Crippen molar-refractivity contribution in [3.63, 3.8) is 0 Å². The van der Waals surface area contributed by atoms with E-state index in [9.17, 15) is 5.11 Å². The summed E-state index contributed by atoms with van der Waals surface area (Å²) in [5.41, 5.74) is 2.28. The molecule has 0 spiro atoms. The highest BCUT2D eigenvalue weighted by Gasteiger charge is 2.12. The molecule has 5 nitrogen and oxygen atoms in total. The molecule has 0 amide bonds. The Balaban J connectivity index is 1.81. The van der Waals surface area contributed by atoms with Crippen LogP contribution in [0.5, 0.6) is 11.5 Å². The van der Waals surface area contributed by atoms with Gasteiger partial charge < -0.3 is 15.2 Å². The van der Waals surface area contributed by atoms with Crippen molar-refractivity contribution in [3.8, 4) is 34.1 Å². The molecule has 3 aromatic rings. The molecule has 1 heterocycles. The third kappa shape index (κ3) is 6.71. The van der Waals surface area contributed by atoms with Gasteiger partial charge in [-0.1, -0.05) is 69.4 Å². The normalized spacial score (nSPS) is 10.8. The summed E-state index contributed by atoms with van der Waals surface area (Å²) in [6.07, 6.45) is 7.49. The molecule has 0 unspecified atom stereocenters. The second-order valence-electron chi connectivity index (χ2n) is 7.63. The zero-order valence-electron chi connectivity index (χ0n) is 18.6. The smallest absolute Gasteiger partial charge is 0.162 e. The van der Waals surface area contributed by atoms with Gasteiger partial charge in [0.1, 0.15) is 17.3 Å². The average molecular weight is 420 g/mol. The largest absolute Gasteiger partial charge is 0.507 e. The number of nitrogens with zero attached hydrogens (tertiary/aromatic N) is 2. The van der Waals surface area contributed by atoms with Gasteiger partial charge in [0.15, 0.2) is 5.82 Å². The first-order chi connectivity index (χ1) is 15.2. The Morgan fingerprint density at radius 3 is 2.39 bits per heavy atom. The lowest BCUT2D eigenvalue weighted by atomic mass is 10.1. The molecular formula is C26H33N3O2. The third-order valence-electron chi connectivity index (χ3n) is 5.15. The van der Waals surface area contributed by atoms with Crippen molar-refractivity contribution in [3.05, 3.63) is 54.6 Å². The van der Waals surface area contributed by atoms with Gasteiger partial charge in [-0.15, -0.1) is 0 Å². The van der Waals surface area contributed by atoms with Gasteiger partial charge in [-0.2, -0.15) is 0 Å². The van der Waals surface area contributed by atoms with Gasteiger partial charge in [0, 0.05) is 29.8 Å². The maximum atomic E-state index is 10.6. The average Bonchev–Trinajstić information content (AvgIpc) is 2.79. The highest BCUT2D eigenvalue weighted by Crippen LogP contribution is 2.33. The summed E-state index contributed by atoms with van der Waals surface area (Å²) in [6, 6.07) is 17.1. The maximum Gasteiger partial charge on any atom is 0.162 e. The van der Waals surface area contributed by atoms with E-state index in [1.54, 1.807) is 6.07 Å². The first kappa shape index (κ1) is 22.6. The lowest BCUT2D eigenvalue weighted by Gasteiger charge is -2.12. The molecule has 1 aromatic heterocycles. The predicted octanol–water partition coefficient (Wildman–Crippen LogP) is 6.69. The summed E-state index contributed by atoms with van der Waals surface area (Å²) in [5.74, 6) is 2.19. The number of phenols is 1. The molecule has 2 N–H and O–H groups in total. The first-order valence-electron chi connectivity index (χ1n) is 11.4. The fourth-order valence-electron chi connectivity index (χ4n) is 3.50. The molecule has 0 bridgehead atoms. The van der Waals surface area contributed by atoms with E-state index < -0.39 is 0 Å². The van der Waals surface area contributed by atoms with E-state index in [4.69, 9.17) is 14.7 Å². The van der Waals surface area contributed by atoms with Crippen LogP contribution in [0.25, 0.3) is 22.6 Å². The summed E-state index contributed by atoms with van der Waals surface area (Å²) in [7, 11) is 0. The van der Waals surface area contributed by atoms with Gasteiger partial charge in [-0.05, 0) is 25.5 Å². The molecule has 0 saturated heterocycles. The van der Waals surface area contributed by atoms with Gasteiger partial charge in [0.05, 0.1) is 12.3 Å². The molecule has 0 aliphatic heterocycles. The number of aromatic hydroxyl groups is 1. The number of benzene rings is 2. The van der Waals surface area contributed by atoms with Crippen LogP contribution in [-0.2, 0) is 0 Å². The Labute approximate surface area is 185 Å². The van der Waals surface area contributed by atoms with Crippen molar-refractivity contribution in [1.82, 2.24) is 9.97 Å². The van der Waals surface area contributed by atoms with E-state index in [0.717, 1.165) is 24.3 Å². The quantitative estimate of drug-likeness (QED) is 0.320. The third-order valence-corrected chi connectivity index (χ3v) is 5.15. The molecule has 0 saturated carbocycles.